The fraction of sp³-hybridized carbons (Fsp3) is 0.519. The molecule has 1 aliphatic heterocycles. The fourth-order valence-corrected chi connectivity index (χ4v) is 5.79. The van der Waals surface area contributed by atoms with Crippen LogP contribution in [0.1, 0.15) is 43.7 Å². The van der Waals surface area contributed by atoms with E-state index in [1.807, 2.05) is 34.1 Å². The molecule has 1 saturated heterocycles. The Morgan fingerprint density at radius 2 is 1.67 bits per heavy atom. The van der Waals surface area contributed by atoms with Gasteiger partial charge in [0.25, 0.3) is 0 Å². The highest BCUT2D eigenvalue weighted by Gasteiger charge is 2.54. The number of urea groups is 1. The maximum atomic E-state index is 13.5. The monoisotopic (exact) mass is 451 g/mol. The van der Waals surface area contributed by atoms with Crippen molar-refractivity contribution < 1.29 is 14.6 Å². The third-order valence-corrected chi connectivity index (χ3v) is 7.71. The Bertz CT molecular complexity index is 935. The molecular weight excluding hydrogens is 414 g/mol. The van der Waals surface area contributed by atoms with E-state index >= 15 is 0 Å². The number of aliphatic hydroxyl groups excluding tert-OH is 1. The van der Waals surface area contributed by atoms with Crippen LogP contribution in [0.4, 0.5) is 4.79 Å². The van der Waals surface area contributed by atoms with Crippen molar-refractivity contribution in [2.45, 2.75) is 56.3 Å². The Hall–Kier alpha value is -2.57. The molecule has 1 saturated carbocycles. The first-order valence-electron chi connectivity index (χ1n) is 11.9. The molecular formula is C27H37N3O3. The number of carbonyl (C=O) groups excluding carboxylic acids is 1. The highest BCUT2D eigenvalue weighted by Crippen LogP contribution is 2.49. The normalized spacial score (nSPS) is 26.3. The van der Waals surface area contributed by atoms with E-state index in [9.17, 15) is 9.90 Å². The summed E-state index contributed by atoms with van der Waals surface area (Å²) in [6.45, 7) is 3.41. The van der Waals surface area contributed by atoms with Gasteiger partial charge in [-0.3, -0.25) is 4.90 Å². The largest absolute Gasteiger partial charge is 0.497 e. The van der Waals surface area contributed by atoms with Crippen molar-refractivity contribution in [1.82, 2.24) is 14.7 Å². The Labute approximate surface area is 197 Å². The number of amides is 2. The van der Waals surface area contributed by atoms with Crippen LogP contribution in [0.5, 0.6) is 5.75 Å². The highest BCUT2D eigenvalue weighted by atomic mass is 16.5. The lowest BCUT2D eigenvalue weighted by molar-refractivity contribution is 0.0119. The Balaban J connectivity index is 1.57. The van der Waals surface area contributed by atoms with Gasteiger partial charge in [0.15, 0.2) is 0 Å². The summed E-state index contributed by atoms with van der Waals surface area (Å²) >= 11 is 0. The number of ether oxygens (including phenoxy) is 1. The summed E-state index contributed by atoms with van der Waals surface area (Å²) in [5, 5.41) is 10.2. The second kappa shape index (κ2) is 9.35. The molecule has 2 aliphatic rings. The molecule has 0 unspecified atom stereocenters. The molecule has 1 heterocycles. The van der Waals surface area contributed by atoms with Gasteiger partial charge in [0, 0.05) is 25.2 Å². The zero-order valence-corrected chi connectivity index (χ0v) is 20.3. The fourth-order valence-electron chi connectivity index (χ4n) is 5.79. The summed E-state index contributed by atoms with van der Waals surface area (Å²) < 4.78 is 5.27. The molecule has 1 N–H and O–H groups in total. The van der Waals surface area contributed by atoms with Crippen LogP contribution >= 0.6 is 0 Å². The van der Waals surface area contributed by atoms with Crippen molar-refractivity contribution >= 4 is 6.03 Å². The van der Waals surface area contributed by atoms with Gasteiger partial charge in [-0.1, -0.05) is 42.5 Å². The van der Waals surface area contributed by atoms with Crippen molar-refractivity contribution in [2.75, 3.05) is 34.3 Å². The summed E-state index contributed by atoms with van der Waals surface area (Å²) in [5.74, 6) is 0.812. The van der Waals surface area contributed by atoms with E-state index in [4.69, 9.17) is 4.74 Å². The van der Waals surface area contributed by atoms with Gasteiger partial charge in [-0.15, -0.1) is 0 Å². The van der Waals surface area contributed by atoms with Gasteiger partial charge in [-0.2, -0.15) is 0 Å². The maximum absolute atomic E-state index is 13.5. The summed E-state index contributed by atoms with van der Waals surface area (Å²) in [6.07, 6.45) is 3.23. The SMILES string of the molecule is COc1ccc(CN2C[C@]3(CC[C@](c4ccccc4)(N(C)C)CC3)N(C[C@H](C)O)C2=O)cc1. The molecule has 2 aromatic rings. The molecule has 0 bridgehead atoms. The molecule has 4 rings (SSSR count). The Morgan fingerprint density at radius 1 is 1.03 bits per heavy atom. The Kier molecular flexibility index (Phi) is 6.68. The van der Waals surface area contributed by atoms with Crippen molar-refractivity contribution in [3.05, 3.63) is 65.7 Å². The number of benzene rings is 2. The van der Waals surface area contributed by atoms with Crippen LogP contribution in [0.25, 0.3) is 0 Å². The molecule has 33 heavy (non-hydrogen) atoms. The van der Waals surface area contributed by atoms with Crippen LogP contribution in [-0.2, 0) is 12.1 Å². The van der Waals surface area contributed by atoms with Crippen LogP contribution in [0.2, 0.25) is 0 Å². The van der Waals surface area contributed by atoms with Crippen molar-refractivity contribution in [3.63, 3.8) is 0 Å². The third kappa shape index (κ3) is 4.46. The standard InChI is InChI=1S/C27H37N3O3/c1-21(31)18-30-25(32)29(19-22-10-12-24(33-4)13-11-22)20-26(30)14-16-27(17-15-26,28(2)3)23-8-6-5-7-9-23/h5-13,21,31H,14-20H2,1-4H3/t21-,26-,27+/m0/s1. The maximum Gasteiger partial charge on any atom is 0.321 e. The molecule has 0 aromatic heterocycles. The average Bonchev–Trinajstić information content (AvgIpc) is 3.05. The number of methoxy groups -OCH3 is 1. The van der Waals surface area contributed by atoms with Gasteiger partial charge < -0.3 is 19.6 Å². The lowest BCUT2D eigenvalue weighted by Crippen LogP contribution is -2.56. The van der Waals surface area contributed by atoms with E-state index in [0.29, 0.717) is 19.6 Å². The van der Waals surface area contributed by atoms with E-state index in [1.54, 1.807) is 14.0 Å². The summed E-state index contributed by atoms with van der Waals surface area (Å²) in [6, 6.07) is 18.7. The predicted molar refractivity (Wildman–Crippen MR) is 130 cm³/mol. The number of hydrogen-bond acceptors (Lipinski definition) is 4. The summed E-state index contributed by atoms with van der Waals surface area (Å²) in [5.41, 5.74) is 2.15. The molecule has 0 radical (unpaired) electrons. The number of nitrogens with zero attached hydrogens (tertiary/aromatic N) is 3. The second-order valence-corrected chi connectivity index (χ2v) is 9.96. The number of carbonyl (C=O) groups is 1. The molecule has 6 nitrogen and oxygen atoms in total. The molecule has 178 valence electrons. The van der Waals surface area contributed by atoms with Gasteiger partial charge in [-0.25, -0.2) is 4.79 Å². The van der Waals surface area contributed by atoms with Crippen molar-refractivity contribution in [3.8, 4) is 5.75 Å². The minimum Gasteiger partial charge on any atom is -0.497 e. The molecule has 1 atom stereocenters. The third-order valence-electron chi connectivity index (χ3n) is 7.71. The van der Waals surface area contributed by atoms with Crippen LogP contribution in [0, 0.1) is 0 Å². The van der Waals surface area contributed by atoms with Gasteiger partial charge in [0.1, 0.15) is 5.75 Å². The molecule has 2 amide bonds. The minimum absolute atomic E-state index is 0.0313. The lowest BCUT2D eigenvalue weighted by atomic mass is 9.68. The number of rotatable bonds is 7. The van der Waals surface area contributed by atoms with E-state index in [0.717, 1.165) is 37.0 Å². The first-order chi connectivity index (χ1) is 15.8. The van der Waals surface area contributed by atoms with Gasteiger partial charge in [0.05, 0.1) is 18.8 Å². The van der Waals surface area contributed by atoms with Crippen LogP contribution < -0.4 is 4.74 Å². The minimum atomic E-state index is -0.554. The summed E-state index contributed by atoms with van der Waals surface area (Å²) in [4.78, 5) is 19.8. The number of β-amino-alcohol motifs (C(OH)–C–C–N with tert-alkyl or cyclic N) is 1. The van der Waals surface area contributed by atoms with E-state index < -0.39 is 6.10 Å². The van der Waals surface area contributed by atoms with E-state index in [-0.39, 0.29) is 17.1 Å². The highest BCUT2D eigenvalue weighted by molar-refractivity contribution is 5.78. The van der Waals surface area contributed by atoms with Crippen molar-refractivity contribution in [2.24, 2.45) is 0 Å². The molecule has 1 aliphatic carbocycles. The number of hydrogen-bond donors (Lipinski definition) is 1. The van der Waals surface area contributed by atoms with E-state index in [1.165, 1.54) is 5.56 Å². The van der Waals surface area contributed by atoms with Gasteiger partial charge >= 0.3 is 6.03 Å². The average molecular weight is 452 g/mol. The van der Waals surface area contributed by atoms with Crippen LogP contribution in [0.3, 0.4) is 0 Å². The first kappa shape index (κ1) is 23.6. The number of aliphatic hydroxyl groups is 1. The first-order valence-corrected chi connectivity index (χ1v) is 11.9. The molecule has 6 heteroatoms. The van der Waals surface area contributed by atoms with Crippen molar-refractivity contribution in [1.29, 1.82) is 0 Å². The quantitative estimate of drug-likeness (QED) is 0.689. The van der Waals surface area contributed by atoms with Crippen LogP contribution in [-0.4, -0.2) is 71.8 Å². The zero-order valence-electron chi connectivity index (χ0n) is 20.3. The predicted octanol–water partition coefficient (Wildman–Crippen LogP) is 4.08. The Morgan fingerprint density at radius 3 is 2.21 bits per heavy atom. The molecule has 2 aromatic carbocycles. The zero-order chi connectivity index (χ0) is 23.6. The van der Waals surface area contributed by atoms with E-state index in [2.05, 4.69) is 49.3 Å². The van der Waals surface area contributed by atoms with Gasteiger partial charge in [-0.05, 0) is 70.0 Å². The van der Waals surface area contributed by atoms with Crippen LogP contribution in [0.15, 0.2) is 54.6 Å². The molecule has 1 spiro atoms. The molecule has 2 fully saturated rings. The lowest BCUT2D eigenvalue weighted by Gasteiger charge is -2.51. The second-order valence-electron chi connectivity index (χ2n) is 9.96. The summed E-state index contributed by atoms with van der Waals surface area (Å²) in [7, 11) is 5.98. The van der Waals surface area contributed by atoms with Gasteiger partial charge in [0.2, 0.25) is 0 Å². The topological polar surface area (TPSA) is 56.3 Å². The smallest absolute Gasteiger partial charge is 0.321 e.